The SMILES string of the molecule is Cc1ccccc1C(Cl)Cc1ccccc1. The molecule has 0 fully saturated rings. The minimum atomic E-state index is 0.0589. The summed E-state index contributed by atoms with van der Waals surface area (Å²) in [5.74, 6) is 0. The van der Waals surface area contributed by atoms with Crippen LogP contribution in [0.3, 0.4) is 0 Å². The second-order valence-electron chi connectivity index (χ2n) is 4.01. The van der Waals surface area contributed by atoms with Crippen molar-refractivity contribution in [2.75, 3.05) is 0 Å². The molecule has 16 heavy (non-hydrogen) atoms. The highest BCUT2D eigenvalue weighted by atomic mass is 35.5. The van der Waals surface area contributed by atoms with E-state index in [-0.39, 0.29) is 5.38 Å². The lowest BCUT2D eigenvalue weighted by Crippen LogP contribution is -1.97. The molecule has 0 aliphatic heterocycles. The molecule has 1 heteroatoms. The average molecular weight is 231 g/mol. The maximum absolute atomic E-state index is 6.45. The second-order valence-corrected chi connectivity index (χ2v) is 4.54. The minimum Gasteiger partial charge on any atom is -0.117 e. The highest BCUT2D eigenvalue weighted by molar-refractivity contribution is 6.21. The largest absolute Gasteiger partial charge is 0.117 e. The van der Waals surface area contributed by atoms with Crippen LogP contribution in [0.5, 0.6) is 0 Å². The molecule has 0 nitrogen and oxygen atoms in total. The summed E-state index contributed by atoms with van der Waals surface area (Å²) >= 11 is 6.45. The Kier molecular flexibility index (Phi) is 3.63. The Labute approximate surface area is 102 Å². The number of halogens is 1. The van der Waals surface area contributed by atoms with E-state index in [1.54, 1.807) is 0 Å². The van der Waals surface area contributed by atoms with E-state index in [1.807, 2.05) is 18.2 Å². The molecule has 0 spiro atoms. The lowest BCUT2D eigenvalue weighted by atomic mass is 10.0. The molecule has 0 bridgehead atoms. The lowest BCUT2D eigenvalue weighted by Gasteiger charge is -2.12. The van der Waals surface area contributed by atoms with E-state index >= 15 is 0 Å². The quantitative estimate of drug-likeness (QED) is 0.681. The zero-order chi connectivity index (χ0) is 11.4. The van der Waals surface area contributed by atoms with Crippen molar-refractivity contribution in [1.29, 1.82) is 0 Å². The number of hydrogen-bond donors (Lipinski definition) is 0. The fraction of sp³-hybridized carbons (Fsp3) is 0.200. The average Bonchev–Trinajstić information content (AvgIpc) is 2.31. The normalized spacial score (nSPS) is 12.4. The maximum atomic E-state index is 6.45. The Hall–Kier alpha value is -1.27. The van der Waals surface area contributed by atoms with Gasteiger partial charge in [0.15, 0.2) is 0 Å². The van der Waals surface area contributed by atoms with Gasteiger partial charge in [-0.3, -0.25) is 0 Å². The molecule has 2 aromatic rings. The highest BCUT2D eigenvalue weighted by Gasteiger charge is 2.10. The summed E-state index contributed by atoms with van der Waals surface area (Å²) in [7, 11) is 0. The van der Waals surface area contributed by atoms with Gasteiger partial charge in [-0.2, -0.15) is 0 Å². The number of benzene rings is 2. The van der Waals surface area contributed by atoms with Crippen LogP contribution in [0.15, 0.2) is 54.6 Å². The molecule has 0 saturated heterocycles. The van der Waals surface area contributed by atoms with Gasteiger partial charge in [0.1, 0.15) is 0 Å². The fourth-order valence-electron chi connectivity index (χ4n) is 1.87. The summed E-state index contributed by atoms with van der Waals surface area (Å²) in [4.78, 5) is 0. The van der Waals surface area contributed by atoms with Crippen molar-refractivity contribution < 1.29 is 0 Å². The summed E-state index contributed by atoms with van der Waals surface area (Å²) in [6, 6.07) is 18.7. The van der Waals surface area contributed by atoms with Crippen molar-refractivity contribution in [2.24, 2.45) is 0 Å². The predicted octanol–water partition coefficient (Wildman–Crippen LogP) is 4.52. The van der Waals surface area contributed by atoms with Crippen molar-refractivity contribution in [3.05, 3.63) is 71.3 Å². The molecule has 0 aliphatic carbocycles. The van der Waals surface area contributed by atoms with Gasteiger partial charge in [0, 0.05) is 0 Å². The van der Waals surface area contributed by atoms with E-state index in [0.29, 0.717) is 0 Å². The number of aryl methyl sites for hydroxylation is 1. The van der Waals surface area contributed by atoms with Gasteiger partial charge in [0.25, 0.3) is 0 Å². The van der Waals surface area contributed by atoms with Crippen LogP contribution in [0, 0.1) is 6.92 Å². The van der Waals surface area contributed by atoms with Crippen molar-refractivity contribution in [3.8, 4) is 0 Å². The van der Waals surface area contributed by atoms with Crippen LogP contribution in [0.2, 0.25) is 0 Å². The van der Waals surface area contributed by atoms with E-state index in [4.69, 9.17) is 11.6 Å². The summed E-state index contributed by atoms with van der Waals surface area (Å²) in [6.45, 7) is 2.11. The smallest absolute Gasteiger partial charge is 0.0628 e. The molecule has 2 aromatic carbocycles. The van der Waals surface area contributed by atoms with Gasteiger partial charge >= 0.3 is 0 Å². The van der Waals surface area contributed by atoms with E-state index in [0.717, 1.165) is 6.42 Å². The van der Waals surface area contributed by atoms with E-state index in [2.05, 4.69) is 43.3 Å². The molecule has 0 heterocycles. The van der Waals surface area contributed by atoms with E-state index in [1.165, 1.54) is 16.7 Å². The molecule has 0 aliphatic rings. The fourth-order valence-corrected chi connectivity index (χ4v) is 2.29. The van der Waals surface area contributed by atoms with Crippen LogP contribution in [0.4, 0.5) is 0 Å². The molecule has 1 atom stereocenters. The van der Waals surface area contributed by atoms with E-state index < -0.39 is 0 Å². The second kappa shape index (κ2) is 5.18. The summed E-state index contributed by atoms with van der Waals surface area (Å²) in [5.41, 5.74) is 3.78. The van der Waals surface area contributed by atoms with Gasteiger partial charge in [-0.15, -0.1) is 11.6 Å². The Morgan fingerprint density at radius 3 is 2.25 bits per heavy atom. The van der Waals surface area contributed by atoms with Gasteiger partial charge in [-0.25, -0.2) is 0 Å². The zero-order valence-corrected chi connectivity index (χ0v) is 10.1. The summed E-state index contributed by atoms with van der Waals surface area (Å²) in [6.07, 6.45) is 0.882. The third kappa shape index (κ3) is 2.65. The summed E-state index contributed by atoms with van der Waals surface area (Å²) in [5, 5.41) is 0.0589. The first-order chi connectivity index (χ1) is 7.77. The van der Waals surface area contributed by atoms with Crippen LogP contribution in [-0.2, 0) is 6.42 Å². The van der Waals surface area contributed by atoms with Gasteiger partial charge < -0.3 is 0 Å². The zero-order valence-electron chi connectivity index (χ0n) is 9.36. The van der Waals surface area contributed by atoms with Gasteiger partial charge in [0.05, 0.1) is 5.38 Å². The van der Waals surface area contributed by atoms with Crippen LogP contribution >= 0.6 is 11.6 Å². The third-order valence-electron chi connectivity index (χ3n) is 2.78. The number of rotatable bonds is 3. The summed E-state index contributed by atoms with van der Waals surface area (Å²) < 4.78 is 0. The van der Waals surface area contributed by atoms with Crippen molar-refractivity contribution >= 4 is 11.6 Å². The first-order valence-electron chi connectivity index (χ1n) is 5.51. The molecule has 0 N–H and O–H groups in total. The van der Waals surface area contributed by atoms with Crippen molar-refractivity contribution in [2.45, 2.75) is 18.7 Å². The Balaban J connectivity index is 2.15. The Bertz CT molecular complexity index is 448. The molecule has 0 aromatic heterocycles. The van der Waals surface area contributed by atoms with Crippen LogP contribution < -0.4 is 0 Å². The lowest BCUT2D eigenvalue weighted by molar-refractivity contribution is 0.910. The van der Waals surface area contributed by atoms with Crippen molar-refractivity contribution in [1.82, 2.24) is 0 Å². The number of hydrogen-bond acceptors (Lipinski definition) is 0. The first kappa shape index (κ1) is 11.2. The van der Waals surface area contributed by atoms with E-state index in [9.17, 15) is 0 Å². The molecule has 0 saturated carbocycles. The highest BCUT2D eigenvalue weighted by Crippen LogP contribution is 2.27. The molecule has 0 radical (unpaired) electrons. The Morgan fingerprint density at radius 1 is 0.938 bits per heavy atom. The molecule has 0 amide bonds. The molecular weight excluding hydrogens is 216 g/mol. The van der Waals surface area contributed by atoms with Crippen LogP contribution in [-0.4, -0.2) is 0 Å². The maximum Gasteiger partial charge on any atom is 0.0628 e. The molecule has 1 unspecified atom stereocenters. The topological polar surface area (TPSA) is 0 Å². The van der Waals surface area contributed by atoms with Gasteiger partial charge in [-0.05, 0) is 30.0 Å². The van der Waals surface area contributed by atoms with Crippen molar-refractivity contribution in [3.63, 3.8) is 0 Å². The number of alkyl halides is 1. The van der Waals surface area contributed by atoms with Crippen LogP contribution in [0.25, 0.3) is 0 Å². The Morgan fingerprint density at radius 2 is 1.56 bits per heavy atom. The standard InChI is InChI=1S/C15H15Cl/c1-12-7-5-6-10-14(12)15(16)11-13-8-3-2-4-9-13/h2-10,15H,11H2,1H3. The minimum absolute atomic E-state index is 0.0589. The predicted molar refractivity (Wildman–Crippen MR) is 69.9 cm³/mol. The third-order valence-corrected chi connectivity index (χ3v) is 3.17. The monoisotopic (exact) mass is 230 g/mol. The molecule has 2 rings (SSSR count). The van der Waals surface area contributed by atoms with Gasteiger partial charge in [0.2, 0.25) is 0 Å². The molecular formula is C15H15Cl. The van der Waals surface area contributed by atoms with Crippen LogP contribution in [0.1, 0.15) is 22.1 Å². The molecule has 82 valence electrons. The van der Waals surface area contributed by atoms with Gasteiger partial charge in [-0.1, -0.05) is 54.6 Å². The first-order valence-corrected chi connectivity index (χ1v) is 5.94.